The lowest BCUT2D eigenvalue weighted by Crippen LogP contribution is -2.44. The van der Waals surface area contributed by atoms with E-state index in [4.69, 9.17) is 0 Å². The molecule has 1 aliphatic carbocycles. The van der Waals surface area contributed by atoms with Crippen LogP contribution >= 0.6 is 11.8 Å². The van der Waals surface area contributed by atoms with Gasteiger partial charge in [0.2, 0.25) is 0 Å². The minimum Gasteiger partial charge on any atom is -0.377 e. The normalized spacial score (nSPS) is 25.2. The average Bonchev–Trinajstić information content (AvgIpc) is 2.72. The molecule has 1 aliphatic heterocycles. The van der Waals surface area contributed by atoms with Crippen LogP contribution in [0.25, 0.3) is 10.8 Å². The molecule has 148 valence electrons. The fourth-order valence-corrected chi connectivity index (χ4v) is 5.90. The highest BCUT2D eigenvalue weighted by molar-refractivity contribution is 7.98. The zero-order chi connectivity index (χ0) is 20.2. The van der Waals surface area contributed by atoms with E-state index < -0.39 is 0 Å². The fraction of sp³-hybridized carbons (Fsp3) is 0.346. The second kappa shape index (κ2) is 6.91. The highest BCUT2D eigenvalue weighted by Gasteiger charge is 2.48. The summed E-state index contributed by atoms with van der Waals surface area (Å²) in [6.45, 7) is 4.49. The summed E-state index contributed by atoms with van der Waals surface area (Å²) in [5.41, 5.74) is 3.78. The summed E-state index contributed by atoms with van der Waals surface area (Å²) in [6, 6.07) is 21.8. The van der Waals surface area contributed by atoms with Crippen molar-refractivity contribution in [3.63, 3.8) is 0 Å². The van der Waals surface area contributed by atoms with Crippen LogP contribution in [-0.4, -0.2) is 12.0 Å². The first-order valence-electron chi connectivity index (χ1n) is 10.4. The van der Waals surface area contributed by atoms with Gasteiger partial charge in [0.05, 0.1) is 6.04 Å². The Hall–Kier alpha value is -2.26. The van der Waals surface area contributed by atoms with Crippen LogP contribution in [-0.2, 0) is 4.79 Å². The molecule has 3 heteroatoms. The lowest BCUT2D eigenvalue weighted by molar-refractivity contribution is -0.129. The van der Waals surface area contributed by atoms with E-state index in [0.29, 0.717) is 12.2 Å². The first-order valence-corrected chi connectivity index (χ1v) is 11.6. The van der Waals surface area contributed by atoms with Crippen molar-refractivity contribution < 1.29 is 4.79 Å². The Bertz CT molecular complexity index is 1090. The molecule has 3 aromatic rings. The van der Waals surface area contributed by atoms with Crippen LogP contribution in [0.1, 0.15) is 49.8 Å². The Morgan fingerprint density at radius 2 is 1.76 bits per heavy atom. The van der Waals surface area contributed by atoms with Gasteiger partial charge in [0, 0.05) is 22.9 Å². The number of carbonyl (C=O) groups is 1. The first-order chi connectivity index (χ1) is 14.0. The Labute approximate surface area is 177 Å². The molecule has 0 aromatic heterocycles. The van der Waals surface area contributed by atoms with Crippen molar-refractivity contribution in [2.24, 2.45) is 11.3 Å². The van der Waals surface area contributed by atoms with Crippen LogP contribution in [0.5, 0.6) is 0 Å². The van der Waals surface area contributed by atoms with E-state index in [9.17, 15) is 4.79 Å². The molecule has 0 saturated heterocycles. The number of Topliss-reactive ketones (excluding diaryl/α,β-unsaturated/α-hetero) is 1. The topological polar surface area (TPSA) is 29.1 Å². The van der Waals surface area contributed by atoms with Crippen LogP contribution in [0, 0.1) is 11.3 Å². The van der Waals surface area contributed by atoms with Crippen molar-refractivity contribution in [1.82, 2.24) is 0 Å². The third-order valence-corrected chi connectivity index (χ3v) is 7.46. The molecule has 1 fully saturated rings. The summed E-state index contributed by atoms with van der Waals surface area (Å²) < 4.78 is 0. The van der Waals surface area contributed by atoms with Crippen molar-refractivity contribution in [3.8, 4) is 0 Å². The van der Waals surface area contributed by atoms with Gasteiger partial charge in [-0.15, -0.1) is 11.8 Å². The molecule has 0 bridgehead atoms. The summed E-state index contributed by atoms with van der Waals surface area (Å²) in [7, 11) is 0. The molecule has 2 aliphatic rings. The second-order valence-corrected chi connectivity index (χ2v) is 10.2. The summed E-state index contributed by atoms with van der Waals surface area (Å²) in [4.78, 5) is 14.7. The number of fused-ring (bicyclic) bond motifs is 5. The smallest absolute Gasteiger partial charge is 0.139 e. The number of thioether (sulfide) groups is 1. The van der Waals surface area contributed by atoms with Crippen molar-refractivity contribution in [1.29, 1.82) is 0 Å². The number of anilines is 1. The first kappa shape index (κ1) is 18.7. The second-order valence-electron chi connectivity index (χ2n) is 9.29. The third-order valence-electron chi connectivity index (χ3n) is 6.72. The van der Waals surface area contributed by atoms with Crippen molar-refractivity contribution >= 4 is 34.0 Å². The minimum absolute atomic E-state index is 0.0125. The van der Waals surface area contributed by atoms with Gasteiger partial charge < -0.3 is 5.32 Å². The Morgan fingerprint density at radius 3 is 2.52 bits per heavy atom. The summed E-state index contributed by atoms with van der Waals surface area (Å²) in [6.07, 6.45) is 3.80. The van der Waals surface area contributed by atoms with Gasteiger partial charge in [0.1, 0.15) is 5.78 Å². The lowest BCUT2D eigenvalue weighted by atomic mass is 9.60. The fourth-order valence-electron chi connectivity index (χ4n) is 5.49. The zero-order valence-corrected chi connectivity index (χ0v) is 18.1. The standard InChI is InChI=1S/C26H27NOS/c1-26(2)14-20-23-19-7-5-4-6-16(19)10-13-21(23)27-25(24(20)22(28)15-26)17-8-11-18(29-3)12-9-17/h4-13,20,24-25,27H,14-15H2,1-3H3/t20-,24-,25-/m0/s1. The highest BCUT2D eigenvalue weighted by atomic mass is 32.2. The molecule has 0 amide bonds. The van der Waals surface area contributed by atoms with Crippen molar-refractivity contribution in [3.05, 3.63) is 71.8 Å². The van der Waals surface area contributed by atoms with E-state index >= 15 is 0 Å². The van der Waals surface area contributed by atoms with Gasteiger partial charge in [-0.2, -0.15) is 0 Å². The van der Waals surface area contributed by atoms with Gasteiger partial charge in [-0.1, -0.05) is 56.3 Å². The molecule has 5 rings (SSSR count). The minimum atomic E-state index is -0.0125. The zero-order valence-electron chi connectivity index (χ0n) is 17.2. The van der Waals surface area contributed by atoms with Crippen LogP contribution in [0.3, 0.4) is 0 Å². The lowest BCUT2D eigenvalue weighted by Gasteiger charge is -2.47. The molecule has 1 heterocycles. The van der Waals surface area contributed by atoms with Crippen molar-refractivity contribution in [2.45, 2.75) is 43.5 Å². The SMILES string of the molecule is CSc1ccc([C@@H]2Nc3ccc4ccccc4c3[C@@H]3CC(C)(C)CC(=O)[C@H]32)cc1. The van der Waals surface area contributed by atoms with E-state index in [1.165, 1.54) is 32.5 Å². The number of nitrogens with one attached hydrogen (secondary N) is 1. The van der Waals surface area contributed by atoms with E-state index in [1.807, 2.05) is 0 Å². The number of hydrogen-bond acceptors (Lipinski definition) is 3. The Kier molecular flexibility index (Phi) is 4.47. The Morgan fingerprint density at radius 1 is 1.00 bits per heavy atom. The summed E-state index contributed by atoms with van der Waals surface area (Å²) in [5.74, 6) is 0.636. The van der Waals surface area contributed by atoms with Gasteiger partial charge in [-0.05, 0) is 64.1 Å². The van der Waals surface area contributed by atoms with Gasteiger partial charge >= 0.3 is 0 Å². The van der Waals surface area contributed by atoms with Crippen molar-refractivity contribution in [2.75, 3.05) is 11.6 Å². The largest absolute Gasteiger partial charge is 0.377 e. The van der Waals surface area contributed by atoms with Gasteiger partial charge in [0.25, 0.3) is 0 Å². The number of hydrogen-bond donors (Lipinski definition) is 1. The van der Waals surface area contributed by atoms with E-state index in [0.717, 1.165) is 6.42 Å². The maximum absolute atomic E-state index is 13.5. The molecular formula is C26H27NOS. The molecule has 3 atom stereocenters. The predicted molar refractivity (Wildman–Crippen MR) is 123 cm³/mol. The van der Waals surface area contributed by atoms with Crippen LogP contribution < -0.4 is 5.32 Å². The van der Waals surface area contributed by atoms with E-state index in [2.05, 4.69) is 86.1 Å². The number of benzene rings is 3. The quantitative estimate of drug-likeness (QED) is 0.478. The average molecular weight is 402 g/mol. The Balaban J connectivity index is 1.69. The van der Waals surface area contributed by atoms with Gasteiger partial charge in [-0.25, -0.2) is 0 Å². The number of ketones is 1. The van der Waals surface area contributed by atoms with Crippen LogP contribution in [0.4, 0.5) is 5.69 Å². The van der Waals surface area contributed by atoms with Crippen LogP contribution in [0.2, 0.25) is 0 Å². The van der Waals surface area contributed by atoms with Crippen LogP contribution in [0.15, 0.2) is 65.6 Å². The van der Waals surface area contributed by atoms with E-state index in [-0.39, 0.29) is 23.3 Å². The van der Waals surface area contributed by atoms with Gasteiger partial charge in [0.15, 0.2) is 0 Å². The summed E-state index contributed by atoms with van der Waals surface area (Å²) >= 11 is 1.75. The molecular weight excluding hydrogens is 374 g/mol. The molecule has 3 aromatic carbocycles. The van der Waals surface area contributed by atoms with Gasteiger partial charge in [-0.3, -0.25) is 4.79 Å². The molecule has 0 spiro atoms. The molecule has 29 heavy (non-hydrogen) atoms. The maximum atomic E-state index is 13.5. The molecule has 1 N–H and O–H groups in total. The highest BCUT2D eigenvalue weighted by Crippen LogP contribution is 2.55. The van der Waals surface area contributed by atoms with E-state index in [1.54, 1.807) is 11.8 Å². The molecule has 2 nitrogen and oxygen atoms in total. The molecule has 1 saturated carbocycles. The summed E-state index contributed by atoms with van der Waals surface area (Å²) in [5, 5.41) is 6.31. The third kappa shape index (κ3) is 3.16. The monoisotopic (exact) mass is 401 g/mol. The molecule has 0 radical (unpaired) electrons. The predicted octanol–water partition coefficient (Wildman–Crippen LogP) is 6.82. The maximum Gasteiger partial charge on any atom is 0.139 e. The number of rotatable bonds is 2. The number of carbonyl (C=O) groups excluding carboxylic acids is 1. The molecule has 0 unspecified atom stereocenters.